The fraction of sp³-hybridized carbons (Fsp3) is 0.167. The van der Waals surface area contributed by atoms with Crippen molar-refractivity contribution in [2.45, 2.75) is 13.3 Å². The number of carbonyl (C=O) groups excluding carboxylic acids is 1. The minimum absolute atomic E-state index is 0.154. The first-order chi connectivity index (χ1) is 11.7. The van der Waals surface area contributed by atoms with E-state index < -0.39 is 0 Å². The molecule has 2 aromatic carbocycles. The molecule has 24 heavy (non-hydrogen) atoms. The largest absolute Gasteiger partial charge is 0.352 e. The van der Waals surface area contributed by atoms with Crippen molar-refractivity contribution < 1.29 is 9.32 Å². The van der Waals surface area contributed by atoms with Crippen molar-refractivity contribution in [3.8, 4) is 22.8 Å². The van der Waals surface area contributed by atoms with Crippen LogP contribution in [0.2, 0.25) is 5.02 Å². The number of hydrogen-bond donors (Lipinski definition) is 1. The van der Waals surface area contributed by atoms with Gasteiger partial charge in [-0.15, -0.1) is 0 Å². The van der Waals surface area contributed by atoms with E-state index in [1.807, 2.05) is 25.1 Å². The summed E-state index contributed by atoms with van der Waals surface area (Å²) in [4.78, 5) is 16.7. The summed E-state index contributed by atoms with van der Waals surface area (Å²) in [5, 5.41) is 7.49. The molecule has 3 rings (SSSR count). The van der Waals surface area contributed by atoms with E-state index in [2.05, 4.69) is 15.5 Å². The van der Waals surface area contributed by atoms with Crippen LogP contribution in [0.1, 0.15) is 23.7 Å². The van der Waals surface area contributed by atoms with Crippen molar-refractivity contribution in [3.63, 3.8) is 0 Å². The van der Waals surface area contributed by atoms with Crippen LogP contribution >= 0.6 is 11.6 Å². The molecule has 0 unspecified atom stereocenters. The van der Waals surface area contributed by atoms with Crippen molar-refractivity contribution in [1.29, 1.82) is 0 Å². The molecule has 0 saturated heterocycles. The summed E-state index contributed by atoms with van der Waals surface area (Å²) in [5.74, 6) is 0.603. The second kappa shape index (κ2) is 7.27. The number of carbonyl (C=O) groups is 1. The topological polar surface area (TPSA) is 68.0 Å². The van der Waals surface area contributed by atoms with Gasteiger partial charge in [-0.2, -0.15) is 4.98 Å². The Morgan fingerprint density at radius 1 is 1.17 bits per heavy atom. The van der Waals surface area contributed by atoms with Crippen LogP contribution in [0.5, 0.6) is 0 Å². The van der Waals surface area contributed by atoms with Crippen LogP contribution in [0.3, 0.4) is 0 Å². The monoisotopic (exact) mass is 341 g/mol. The van der Waals surface area contributed by atoms with E-state index >= 15 is 0 Å². The van der Waals surface area contributed by atoms with Crippen molar-refractivity contribution in [1.82, 2.24) is 15.5 Å². The van der Waals surface area contributed by atoms with Crippen LogP contribution in [-0.2, 0) is 0 Å². The molecule has 0 aliphatic carbocycles. The Morgan fingerprint density at radius 3 is 2.67 bits per heavy atom. The normalized spacial score (nSPS) is 10.6. The maximum atomic E-state index is 12.3. The molecule has 1 N–H and O–H groups in total. The number of amides is 1. The maximum Gasteiger partial charge on any atom is 0.259 e. The van der Waals surface area contributed by atoms with Gasteiger partial charge in [-0.25, -0.2) is 0 Å². The van der Waals surface area contributed by atoms with Crippen LogP contribution < -0.4 is 5.32 Å². The van der Waals surface area contributed by atoms with Crippen molar-refractivity contribution >= 4 is 17.5 Å². The fourth-order valence-electron chi connectivity index (χ4n) is 2.25. The molecular weight excluding hydrogens is 326 g/mol. The Bertz CT molecular complexity index is 843. The molecule has 3 aromatic rings. The lowest BCUT2D eigenvalue weighted by atomic mass is 10.1. The molecule has 0 aliphatic rings. The number of hydrogen-bond acceptors (Lipinski definition) is 4. The second-order valence-corrected chi connectivity index (χ2v) is 5.67. The summed E-state index contributed by atoms with van der Waals surface area (Å²) in [6, 6.07) is 14.3. The molecule has 5 nitrogen and oxygen atoms in total. The van der Waals surface area contributed by atoms with Crippen molar-refractivity contribution in [2.75, 3.05) is 6.54 Å². The van der Waals surface area contributed by atoms with Gasteiger partial charge in [-0.05, 0) is 42.8 Å². The Labute approximate surface area is 144 Å². The lowest BCUT2D eigenvalue weighted by Crippen LogP contribution is -2.24. The molecule has 1 heterocycles. The van der Waals surface area contributed by atoms with E-state index in [0.29, 0.717) is 34.4 Å². The van der Waals surface area contributed by atoms with Gasteiger partial charge in [-0.1, -0.05) is 35.8 Å². The number of aromatic nitrogens is 2. The van der Waals surface area contributed by atoms with E-state index in [1.165, 1.54) is 0 Å². The van der Waals surface area contributed by atoms with Crippen LogP contribution in [0, 0.1) is 0 Å². The fourth-order valence-corrected chi connectivity index (χ4v) is 2.38. The Hall–Kier alpha value is -2.66. The molecule has 0 bridgehead atoms. The molecular formula is C18H16ClN3O2. The Balaban J connectivity index is 1.93. The molecule has 0 radical (unpaired) electrons. The van der Waals surface area contributed by atoms with Gasteiger partial charge in [0.1, 0.15) is 0 Å². The number of rotatable bonds is 5. The number of nitrogens with one attached hydrogen (secondary N) is 1. The lowest BCUT2D eigenvalue weighted by molar-refractivity contribution is 0.0954. The summed E-state index contributed by atoms with van der Waals surface area (Å²) in [6.45, 7) is 2.62. The van der Waals surface area contributed by atoms with Crippen LogP contribution in [0.25, 0.3) is 22.8 Å². The van der Waals surface area contributed by atoms with Gasteiger partial charge >= 0.3 is 0 Å². The molecule has 0 saturated carbocycles. The standard InChI is InChI=1S/C18H16ClN3O2/c1-2-11-20-17(23)14-5-3-4-6-15(14)18-21-16(22-24-18)12-7-9-13(19)10-8-12/h3-10H,2,11H2,1H3,(H,20,23). The third kappa shape index (κ3) is 3.46. The number of nitrogens with zero attached hydrogens (tertiary/aromatic N) is 2. The zero-order valence-electron chi connectivity index (χ0n) is 13.1. The smallest absolute Gasteiger partial charge is 0.259 e. The number of halogens is 1. The molecule has 1 amide bonds. The minimum Gasteiger partial charge on any atom is -0.352 e. The summed E-state index contributed by atoms with van der Waals surface area (Å²) in [6.07, 6.45) is 0.870. The predicted octanol–water partition coefficient (Wildman–Crippen LogP) is 4.20. The third-order valence-corrected chi connectivity index (χ3v) is 3.72. The van der Waals surface area contributed by atoms with Gasteiger partial charge in [0.15, 0.2) is 0 Å². The van der Waals surface area contributed by atoms with E-state index in [0.717, 1.165) is 12.0 Å². The molecule has 0 spiro atoms. The SMILES string of the molecule is CCCNC(=O)c1ccccc1-c1nc(-c2ccc(Cl)cc2)no1. The second-order valence-electron chi connectivity index (χ2n) is 5.23. The minimum atomic E-state index is -0.154. The van der Waals surface area contributed by atoms with Crippen molar-refractivity contribution in [3.05, 3.63) is 59.1 Å². The summed E-state index contributed by atoms with van der Waals surface area (Å²) >= 11 is 5.89. The van der Waals surface area contributed by atoms with E-state index in [1.54, 1.807) is 30.3 Å². The van der Waals surface area contributed by atoms with Crippen molar-refractivity contribution in [2.24, 2.45) is 0 Å². The van der Waals surface area contributed by atoms with E-state index in [4.69, 9.17) is 16.1 Å². The highest BCUT2D eigenvalue weighted by Gasteiger charge is 2.17. The average Bonchev–Trinajstić information content (AvgIpc) is 3.10. The first-order valence-electron chi connectivity index (χ1n) is 7.66. The Morgan fingerprint density at radius 2 is 1.92 bits per heavy atom. The summed E-state index contributed by atoms with van der Waals surface area (Å²) in [7, 11) is 0. The zero-order chi connectivity index (χ0) is 16.9. The lowest BCUT2D eigenvalue weighted by Gasteiger charge is -2.06. The van der Waals surface area contributed by atoms with Crippen LogP contribution in [0.4, 0.5) is 0 Å². The summed E-state index contributed by atoms with van der Waals surface area (Å²) < 4.78 is 5.36. The van der Waals surface area contributed by atoms with Gasteiger partial charge in [0.2, 0.25) is 5.82 Å². The number of benzene rings is 2. The first kappa shape index (κ1) is 16.2. The molecule has 0 fully saturated rings. The molecule has 0 atom stereocenters. The van der Waals surface area contributed by atoms with Gasteiger partial charge in [0, 0.05) is 17.1 Å². The quantitative estimate of drug-likeness (QED) is 0.755. The maximum absolute atomic E-state index is 12.3. The first-order valence-corrected chi connectivity index (χ1v) is 8.04. The highest BCUT2D eigenvalue weighted by molar-refractivity contribution is 6.30. The summed E-state index contributed by atoms with van der Waals surface area (Å²) in [5.41, 5.74) is 1.92. The van der Waals surface area contributed by atoms with Gasteiger partial charge in [0.25, 0.3) is 11.8 Å². The van der Waals surface area contributed by atoms with Crippen LogP contribution in [-0.4, -0.2) is 22.6 Å². The van der Waals surface area contributed by atoms with E-state index in [9.17, 15) is 4.79 Å². The average molecular weight is 342 g/mol. The van der Waals surface area contributed by atoms with Crippen LogP contribution in [0.15, 0.2) is 53.1 Å². The van der Waals surface area contributed by atoms with E-state index in [-0.39, 0.29) is 5.91 Å². The molecule has 6 heteroatoms. The third-order valence-electron chi connectivity index (χ3n) is 3.47. The molecule has 1 aromatic heterocycles. The zero-order valence-corrected chi connectivity index (χ0v) is 13.9. The van der Waals surface area contributed by atoms with Gasteiger partial charge in [-0.3, -0.25) is 4.79 Å². The molecule has 0 aliphatic heterocycles. The molecule has 122 valence electrons. The predicted molar refractivity (Wildman–Crippen MR) is 92.8 cm³/mol. The van der Waals surface area contributed by atoms with Gasteiger partial charge < -0.3 is 9.84 Å². The Kier molecular flexibility index (Phi) is 4.91. The highest BCUT2D eigenvalue weighted by atomic mass is 35.5. The van der Waals surface area contributed by atoms with Gasteiger partial charge in [0.05, 0.1) is 11.1 Å². The highest BCUT2D eigenvalue weighted by Crippen LogP contribution is 2.25.